The van der Waals surface area contributed by atoms with Gasteiger partial charge in [-0.25, -0.2) is 0 Å². The van der Waals surface area contributed by atoms with E-state index in [9.17, 15) is 0 Å². The van der Waals surface area contributed by atoms with Gasteiger partial charge in [-0.05, 0) is 30.5 Å². The molecule has 1 fully saturated rings. The predicted octanol–water partition coefficient (Wildman–Crippen LogP) is 3.16. The van der Waals surface area contributed by atoms with Gasteiger partial charge in [0.25, 0.3) is 0 Å². The molecule has 2 unspecified atom stereocenters. The molecule has 3 heteroatoms. The van der Waals surface area contributed by atoms with Crippen LogP contribution in [0.15, 0.2) is 29.2 Å². The van der Waals surface area contributed by atoms with E-state index in [1.807, 2.05) is 11.8 Å². The number of hydrogen-bond donors (Lipinski definition) is 2. The summed E-state index contributed by atoms with van der Waals surface area (Å²) in [5, 5.41) is 4.22. The van der Waals surface area contributed by atoms with Crippen LogP contribution in [-0.4, -0.2) is 17.3 Å². The van der Waals surface area contributed by atoms with Crippen molar-refractivity contribution < 1.29 is 0 Å². The number of benzene rings is 1. The monoisotopic (exact) mass is 264 g/mol. The van der Waals surface area contributed by atoms with Crippen molar-refractivity contribution in [3.63, 3.8) is 0 Å². The predicted molar refractivity (Wildman–Crippen MR) is 79.9 cm³/mol. The van der Waals surface area contributed by atoms with Gasteiger partial charge in [-0.3, -0.25) is 0 Å². The molecule has 0 aromatic heterocycles. The molecule has 2 nitrogen and oxygen atoms in total. The minimum Gasteiger partial charge on any atom is -0.326 e. The molecule has 3 N–H and O–H groups in total. The Bertz CT molecular complexity index is 361. The molecule has 0 bridgehead atoms. The molecule has 0 radical (unpaired) electrons. The standard InChI is InChI=1S/C15H24N2S/c1-11(2)18-13-8-6-12(7-9-13)10-17-15-5-3-4-14(15)16/h6-9,11,14-15,17H,3-5,10,16H2,1-2H3. The van der Waals surface area contributed by atoms with Gasteiger partial charge in [0.1, 0.15) is 0 Å². The summed E-state index contributed by atoms with van der Waals surface area (Å²) in [5.41, 5.74) is 7.41. The zero-order valence-corrected chi connectivity index (χ0v) is 12.2. The van der Waals surface area contributed by atoms with E-state index >= 15 is 0 Å². The van der Waals surface area contributed by atoms with Crippen LogP contribution in [0.25, 0.3) is 0 Å². The number of rotatable bonds is 5. The second-order valence-corrected chi connectivity index (χ2v) is 7.04. The maximum absolute atomic E-state index is 6.06. The van der Waals surface area contributed by atoms with Crippen LogP contribution < -0.4 is 11.1 Å². The van der Waals surface area contributed by atoms with Crippen LogP contribution in [0.1, 0.15) is 38.7 Å². The molecule has 18 heavy (non-hydrogen) atoms. The van der Waals surface area contributed by atoms with Gasteiger partial charge in [0.05, 0.1) is 0 Å². The minimum absolute atomic E-state index is 0.348. The molecule has 2 rings (SSSR count). The Morgan fingerprint density at radius 2 is 2.00 bits per heavy atom. The van der Waals surface area contributed by atoms with Crippen LogP contribution in [0, 0.1) is 0 Å². The number of hydrogen-bond acceptors (Lipinski definition) is 3. The topological polar surface area (TPSA) is 38.0 Å². The first-order valence-electron chi connectivity index (χ1n) is 6.89. The average molecular weight is 264 g/mol. The van der Waals surface area contributed by atoms with E-state index < -0.39 is 0 Å². The Labute approximate surface area is 115 Å². The van der Waals surface area contributed by atoms with Crippen LogP contribution in [0.2, 0.25) is 0 Å². The van der Waals surface area contributed by atoms with Gasteiger partial charge in [0.15, 0.2) is 0 Å². The molecular formula is C15H24N2S. The van der Waals surface area contributed by atoms with Gasteiger partial charge in [-0.2, -0.15) is 0 Å². The van der Waals surface area contributed by atoms with E-state index in [2.05, 4.69) is 43.4 Å². The first-order valence-corrected chi connectivity index (χ1v) is 7.77. The summed E-state index contributed by atoms with van der Waals surface area (Å²) in [6.07, 6.45) is 3.66. The van der Waals surface area contributed by atoms with Crippen LogP contribution >= 0.6 is 11.8 Å². The molecule has 100 valence electrons. The second kappa shape index (κ2) is 6.60. The van der Waals surface area contributed by atoms with Crippen molar-refractivity contribution in [2.24, 2.45) is 5.73 Å². The van der Waals surface area contributed by atoms with Crippen molar-refractivity contribution in [1.82, 2.24) is 5.32 Å². The van der Waals surface area contributed by atoms with Gasteiger partial charge in [-0.1, -0.05) is 32.4 Å². The van der Waals surface area contributed by atoms with Crippen LogP contribution in [0.3, 0.4) is 0 Å². The third-order valence-electron chi connectivity index (χ3n) is 3.43. The van der Waals surface area contributed by atoms with Gasteiger partial charge in [0, 0.05) is 28.8 Å². The number of thioether (sulfide) groups is 1. The Kier molecular flexibility index (Phi) is 5.10. The van der Waals surface area contributed by atoms with Crippen molar-refractivity contribution in [1.29, 1.82) is 0 Å². The van der Waals surface area contributed by atoms with E-state index in [0.717, 1.165) is 6.54 Å². The third kappa shape index (κ3) is 4.01. The van der Waals surface area contributed by atoms with Gasteiger partial charge < -0.3 is 11.1 Å². The van der Waals surface area contributed by atoms with Crippen molar-refractivity contribution in [2.75, 3.05) is 0 Å². The lowest BCUT2D eigenvalue weighted by molar-refractivity contribution is 0.475. The molecule has 0 heterocycles. The minimum atomic E-state index is 0.348. The van der Waals surface area contributed by atoms with Crippen molar-refractivity contribution >= 4 is 11.8 Å². The maximum Gasteiger partial charge on any atom is 0.0222 e. The van der Waals surface area contributed by atoms with Crippen LogP contribution in [-0.2, 0) is 6.54 Å². The first kappa shape index (κ1) is 13.9. The smallest absolute Gasteiger partial charge is 0.0222 e. The normalized spacial score (nSPS) is 23.8. The van der Waals surface area contributed by atoms with Crippen molar-refractivity contribution in [3.8, 4) is 0 Å². The Balaban J connectivity index is 1.82. The first-order chi connectivity index (χ1) is 8.65. The zero-order chi connectivity index (χ0) is 13.0. The highest BCUT2D eigenvalue weighted by molar-refractivity contribution is 7.99. The van der Waals surface area contributed by atoms with Gasteiger partial charge in [-0.15, -0.1) is 11.8 Å². The Hall–Kier alpha value is -0.510. The summed E-state index contributed by atoms with van der Waals surface area (Å²) in [6, 6.07) is 9.73. The SMILES string of the molecule is CC(C)Sc1ccc(CNC2CCCC2N)cc1. The van der Waals surface area contributed by atoms with Crippen LogP contribution in [0.4, 0.5) is 0 Å². The second-order valence-electron chi connectivity index (χ2n) is 5.39. The summed E-state index contributed by atoms with van der Waals surface area (Å²) >= 11 is 1.91. The molecule has 1 aliphatic rings. The van der Waals surface area contributed by atoms with Crippen molar-refractivity contribution in [2.45, 2.75) is 61.9 Å². The summed E-state index contributed by atoms with van der Waals surface area (Å²) in [7, 11) is 0. The fourth-order valence-electron chi connectivity index (χ4n) is 2.45. The summed E-state index contributed by atoms with van der Waals surface area (Å²) < 4.78 is 0. The van der Waals surface area contributed by atoms with Crippen LogP contribution in [0.5, 0.6) is 0 Å². The quantitative estimate of drug-likeness (QED) is 0.802. The highest BCUT2D eigenvalue weighted by Gasteiger charge is 2.22. The Morgan fingerprint density at radius 1 is 1.28 bits per heavy atom. The molecule has 1 aromatic rings. The number of nitrogens with one attached hydrogen (secondary N) is 1. The fourth-order valence-corrected chi connectivity index (χ4v) is 3.29. The molecular weight excluding hydrogens is 240 g/mol. The Morgan fingerprint density at radius 3 is 2.56 bits per heavy atom. The average Bonchev–Trinajstić information content (AvgIpc) is 2.73. The highest BCUT2D eigenvalue weighted by atomic mass is 32.2. The lowest BCUT2D eigenvalue weighted by Crippen LogP contribution is -2.40. The molecule has 1 aromatic carbocycles. The fraction of sp³-hybridized carbons (Fsp3) is 0.600. The summed E-state index contributed by atoms with van der Waals surface area (Å²) in [5.74, 6) is 0. The van der Waals surface area contributed by atoms with E-state index in [1.165, 1.54) is 29.7 Å². The van der Waals surface area contributed by atoms with E-state index in [1.54, 1.807) is 0 Å². The largest absolute Gasteiger partial charge is 0.326 e. The molecule has 0 saturated heterocycles. The molecule has 1 aliphatic carbocycles. The van der Waals surface area contributed by atoms with Crippen molar-refractivity contribution in [3.05, 3.63) is 29.8 Å². The molecule has 0 spiro atoms. The van der Waals surface area contributed by atoms with Gasteiger partial charge >= 0.3 is 0 Å². The highest BCUT2D eigenvalue weighted by Crippen LogP contribution is 2.23. The third-order valence-corrected chi connectivity index (χ3v) is 4.45. The summed E-state index contributed by atoms with van der Waals surface area (Å²) in [6.45, 7) is 5.38. The van der Waals surface area contributed by atoms with Gasteiger partial charge in [0.2, 0.25) is 0 Å². The van der Waals surface area contributed by atoms with E-state index in [-0.39, 0.29) is 0 Å². The van der Waals surface area contributed by atoms with E-state index in [4.69, 9.17) is 5.73 Å². The van der Waals surface area contributed by atoms with E-state index in [0.29, 0.717) is 17.3 Å². The molecule has 0 aliphatic heterocycles. The molecule has 1 saturated carbocycles. The lowest BCUT2D eigenvalue weighted by atomic mass is 10.1. The zero-order valence-electron chi connectivity index (χ0n) is 11.4. The lowest BCUT2D eigenvalue weighted by Gasteiger charge is -2.17. The molecule has 0 amide bonds. The maximum atomic E-state index is 6.06. The summed E-state index contributed by atoms with van der Waals surface area (Å²) in [4.78, 5) is 1.35. The number of nitrogens with two attached hydrogens (primary N) is 1. The molecule has 2 atom stereocenters.